The standard InChI is InChI=1S/C19H13ClN2O2S2/c20-18-14(7-12-3-1-2-4-16(12)22-18)9-24-17(23)8-15-11-26-19(21-15)13-5-6-25-10-13/h1-7,10-11H,8-9H2. The summed E-state index contributed by atoms with van der Waals surface area (Å²) in [4.78, 5) is 21.0. The van der Waals surface area contributed by atoms with Crippen LogP contribution in [0.15, 0.2) is 52.5 Å². The highest BCUT2D eigenvalue weighted by Gasteiger charge is 2.12. The summed E-state index contributed by atoms with van der Waals surface area (Å²) in [6.45, 7) is 0.0943. The predicted molar refractivity (Wildman–Crippen MR) is 106 cm³/mol. The minimum absolute atomic E-state index is 0.0943. The van der Waals surface area contributed by atoms with Gasteiger partial charge in [-0.1, -0.05) is 29.8 Å². The monoisotopic (exact) mass is 400 g/mol. The van der Waals surface area contributed by atoms with E-state index in [-0.39, 0.29) is 19.0 Å². The molecule has 0 saturated carbocycles. The molecule has 0 atom stereocenters. The van der Waals surface area contributed by atoms with Crippen LogP contribution < -0.4 is 0 Å². The van der Waals surface area contributed by atoms with Gasteiger partial charge >= 0.3 is 5.97 Å². The highest BCUT2D eigenvalue weighted by molar-refractivity contribution is 7.14. The maximum atomic E-state index is 12.1. The number of para-hydroxylation sites is 1. The molecule has 0 bridgehead atoms. The van der Waals surface area contributed by atoms with Crippen molar-refractivity contribution in [2.45, 2.75) is 13.0 Å². The minimum Gasteiger partial charge on any atom is -0.460 e. The number of rotatable bonds is 5. The summed E-state index contributed by atoms with van der Waals surface area (Å²) in [5, 5.41) is 8.16. The SMILES string of the molecule is O=C(Cc1csc(-c2ccsc2)n1)OCc1cc2ccccc2nc1Cl. The summed E-state index contributed by atoms with van der Waals surface area (Å²) in [5.74, 6) is -0.337. The Hall–Kier alpha value is -2.28. The van der Waals surface area contributed by atoms with Crippen LogP contribution in [0.5, 0.6) is 0 Å². The molecule has 1 aromatic carbocycles. The van der Waals surface area contributed by atoms with Gasteiger partial charge in [0.05, 0.1) is 17.6 Å². The molecule has 0 fully saturated rings. The van der Waals surface area contributed by atoms with Gasteiger partial charge < -0.3 is 4.74 Å². The van der Waals surface area contributed by atoms with Gasteiger partial charge in [0.2, 0.25) is 0 Å². The van der Waals surface area contributed by atoms with E-state index in [1.54, 1.807) is 11.3 Å². The number of pyridine rings is 1. The maximum Gasteiger partial charge on any atom is 0.312 e. The summed E-state index contributed by atoms with van der Waals surface area (Å²) < 4.78 is 5.37. The van der Waals surface area contributed by atoms with Crippen molar-refractivity contribution in [3.63, 3.8) is 0 Å². The molecule has 130 valence electrons. The summed E-state index contributed by atoms with van der Waals surface area (Å²) in [6, 6.07) is 11.6. The van der Waals surface area contributed by atoms with Gasteiger partial charge in [-0.2, -0.15) is 11.3 Å². The molecule has 26 heavy (non-hydrogen) atoms. The molecule has 4 rings (SSSR count). The first-order valence-corrected chi connectivity index (χ1v) is 10.1. The molecule has 3 heterocycles. The van der Waals surface area contributed by atoms with Crippen molar-refractivity contribution in [3.05, 3.63) is 68.9 Å². The van der Waals surface area contributed by atoms with Crippen LogP contribution in [0.1, 0.15) is 11.3 Å². The first-order valence-electron chi connectivity index (χ1n) is 7.86. The lowest BCUT2D eigenvalue weighted by molar-refractivity contribution is -0.144. The van der Waals surface area contributed by atoms with Crippen molar-refractivity contribution in [1.82, 2.24) is 9.97 Å². The Morgan fingerprint density at radius 1 is 1.15 bits per heavy atom. The highest BCUT2D eigenvalue weighted by Crippen LogP contribution is 2.26. The molecule has 0 radical (unpaired) electrons. The molecule has 7 heteroatoms. The molecule has 0 N–H and O–H groups in total. The van der Waals surface area contributed by atoms with Crippen LogP contribution in [0.25, 0.3) is 21.5 Å². The van der Waals surface area contributed by atoms with Gasteiger partial charge in [0.1, 0.15) is 16.8 Å². The second-order valence-corrected chi connectivity index (χ2v) is 7.62. The number of aromatic nitrogens is 2. The third-order valence-corrected chi connectivity index (χ3v) is 5.73. The lowest BCUT2D eigenvalue weighted by Gasteiger charge is -2.07. The maximum absolute atomic E-state index is 12.1. The van der Waals surface area contributed by atoms with Gasteiger partial charge in [0, 0.05) is 27.3 Å². The number of thiophene rings is 1. The van der Waals surface area contributed by atoms with E-state index >= 15 is 0 Å². The lowest BCUT2D eigenvalue weighted by Crippen LogP contribution is -2.08. The number of ether oxygens (including phenoxy) is 1. The van der Waals surface area contributed by atoms with Crippen molar-refractivity contribution < 1.29 is 9.53 Å². The Bertz CT molecular complexity index is 1060. The number of thiazole rings is 1. The van der Waals surface area contributed by atoms with Crippen molar-refractivity contribution in [3.8, 4) is 10.6 Å². The third-order valence-electron chi connectivity index (χ3n) is 3.78. The number of benzene rings is 1. The fourth-order valence-electron chi connectivity index (χ4n) is 2.50. The van der Waals surface area contributed by atoms with Crippen LogP contribution in [0.4, 0.5) is 0 Å². The molecule has 0 aliphatic carbocycles. The molecular formula is C19H13ClN2O2S2. The second kappa shape index (κ2) is 7.53. The number of halogens is 1. The van der Waals surface area contributed by atoms with Crippen LogP contribution >= 0.6 is 34.3 Å². The fourth-order valence-corrected chi connectivity index (χ4v) is 4.23. The van der Waals surface area contributed by atoms with E-state index in [9.17, 15) is 4.79 Å². The molecule has 0 aliphatic rings. The van der Waals surface area contributed by atoms with E-state index in [4.69, 9.17) is 16.3 Å². The largest absolute Gasteiger partial charge is 0.460 e. The number of hydrogen-bond acceptors (Lipinski definition) is 6. The quantitative estimate of drug-likeness (QED) is 0.334. The number of hydrogen-bond donors (Lipinski definition) is 0. The molecule has 0 aliphatic heterocycles. The zero-order valence-corrected chi connectivity index (χ0v) is 15.9. The van der Waals surface area contributed by atoms with E-state index in [1.807, 2.05) is 52.5 Å². The normalized spacial score (nSPS) is 11.0. The lowest BCUT2D eigenvalue weighted by atomic mass is 10.2. The summed E-state index contributed by atoms with van der Waals surface area (Å²) in [6.07, 6.45) is 0.138. The molecule has 0 saturated heterocycles. The highest BCUT2D eigenvalue weighted by atomic mass is 35.5. The van der Waals surface area contributed by atoms with Gasteiger partial charge in [-0.25, -0.2) is 9.97 Å². The molecule has 0 spiro atoms. The van der Waals surface area contributed by atoms with E-state index in [0.29, 0.717) is 16.4 Å². The molecule has 4 aromatic rings. The molecule has 0 unspecified atom stereocenters. The molecule has 0 amide bonds. The summed E-state index contributed by atoms with van der Waals surface area (Å²) >= 11 is 9.34. The topological polar surface area (TPSA) is 52.1 Å². The minimum atomic E-state index is -0.337. The van der Waals surface area contributed by atoms with Gasteiger partial charge in [-0.05, 0) is 23.6 Å². The smallest absolute Gasteiger partial charge is 0.312 e. The van der Waals surface area contributed by atoms with Crippen LogP contribution in [0, 0.1) is 0 Å². The zero-order valence-electron chi connectivity index (χ0n) is 13.5. The first kappa shape index (κ1) is 17.1. The van der Waals surface area contributed by atoms with E-state index in [1.165, 1.54) is 11.3 Å². The van der Waals surface area contributed by atoms with Crippen LogP contribution in [-0.2, 0) is 22.6 Å². The van der Waals surface area contributed by atoms with Crippen molar-refractivity contribution in [1.29, 1.82) is 0 Å². The molecule has 4 nitrogen and oxygen atoms in total. The van der Waals surface area contributed by atoms with Crippen LogP contribution in [-0.4, -0.2) is 15.9 Å². The Morgan fingerprint density at radius 2 is 2.04 bits per heavy atom. The van der Waals surface area contributed by atoms with E-state index in [2.05, 4.69) is 9.97 Å². The first-order chi connectivity index (χ1) is 12.7. The average molecular weight is 401 g/mol. The third kappa shape index (κ3) is 3.77. The molecule has 3 aromatic heterocycles. The van der Waals surface area contributed by atoms with Gasteiger partial charge in [0.15, 0.2) is 0 Å². The number of fused-ring (bicyclic) bond motifs is 1. The Labute approximate surface area is 163 Å². The Morgan fingerprint density at radius 3 is 2.88 bits per heavy atom. The summed E-state index contributed by atoms with van der Waals surface area (Å²) in [5.41, 5.74) is 3.30. The van der Waals surface area contributed by atoms with Gasteiger partial charge in [-0.15, -0.1) is 11.3 Å². The number of carbonyl (C=O) groups excluding carboxylic acids is 1. The number of carbonyl (C=O) groups is 1. The molecular weight excluding hydrogens is 388 g/mol. The predicted octanol–water partition coefficient (Wildman–Crippen LogP) is 5.36. The van der Waals surface area contributed by atoms with Gasteiger partial charge in [0.25, 0.3) is 0 Å². The van der Waals surface area contributed by atoms with E-state index < -0.39 is 0 Å². The number of nitrogens with zero attached hydrogens (tertiary/aromatic N) is 2. The van der Waals surface area contributed by atoms with E-state index in [0.717, 1.165) is 21.5 Å². The van der Waals surface area contributed by atoms with Crippen molar-refractivity contribution in [2.75, 3.05) is 0 Å². The van der Waals surface area contributed by atoms with Crippen molar-refractivity contribution in [2.24, 2.45) is 0 Å². The average Bonchev–Trinajstić information content (AvgIpc) is 3.31. The summed E-state index contributed by atoms with van der Waals surface area (Å²) in [7, 11) is 0. The Kier molecular flexibility index (Phi) is 4.97. The van der Waals surface area contributed by atoms with Crippen LogP contribution in [0.3, 0.4) is 0 Å². The number of esters is 1. The van der Waals surface area contributed by atoms with Gasteiger partial charge in [-0.3, -0.25) is 4.79 Å². The Balaban J connectivity index is 1.40. The second-order valence-electron chi connectivity index (χ2n) is 5.62. The fraction of sp³-hybridized carbons (Fsp3) is 0.105. The van der Waals surface area contributed by atoms with Crippen molar-refractivity contribution >= 4 is 51.1 Å². The van der Waals surface area contributed by atoms with Crippen LogP contribution in [0.2, 0.25) is 5.15 Å². The zero-order chi connectivity index (χ0) is 17.9.